The van der Waals surface area contributed by atoms with Crippen molar-refractivity contribution in [2.45, 2.75) is 32.5 Å². The number of rotatable bonds is 6. The van der Waals surface area contributed by atoms with E-state index in [2.05, 4.69) is 25.3 Å². The van der Waals surface area contributed by atoms with Gasteiger partial charge in [0, 0.05) is 57.6 Å². The van der Waals surface area contributed by atoms with E-state index in [4.69, 9.17) is 0 Å². The highest BCUT2D eigenvalue weighted by Crippen LogP contribution is 2.32. The van der Waals surface area contributed by atoms with Crippen LogP contribution in [0, 0.1) is 11.9 Å². The van der Waals surface area contributed by atoms with E-state index in [1.54, 1.807) is 6.20 Å². The largest absolute Gasteiger partial charge is 0.393 e. The number of H-pyrrole nitrogens is 1. The van der Waals surface area contributed by atoms with Gasteiger partial charge in [-0.25, -0.2) is 9.99 Å². The summed E-state index contributed by atoms with van der Waals surface area (Å²) in [4.78, 5) is 39.8. The van der Waals surface area contributed by atoms with E-state index in [0.29, 0.717) is 50.2 Å². The smallest absolute Gasteiger partial charge is 0.365 e. The predicted octanol–water partition coefficient (Wildman–Crippen LogP) is 2.87. The zero-order valence-electron chi connectivity index (χ0n) is 21.4. The number of piperazine rings is 1. The fourth-order valence-corrected chi connectivity index (χ4v) is 5.04. The Morgan fingerprint density at radius 1 is 1.15 bits per heavy atom. The number of carbonyl (C=O) groups excluding carboxylic acids is 1. The number of nitrogens with zero attached hydrogens (tertiary/aromatic N) is 5. The lowest BCUT2D eigenvalue weighted by molar-refractivity contribution is -0.171. The Labute approximate surface area is 221 Å². The van der Waals surface area contributed by atoms with Crippen molar-refractivity contribution in [3.63, 3.8) is 0 Å². The van der Waals surface area contributed by atoms with Crippen LogP contribution in [0.2, 0.25) is 0 Å². The van der Waals surface area contributed by atoms with Gasteiger partial charge in [-0.2, -0.15) is 17.6 Å². The van der Waals surface area contributed by atoms with Crippen molar-refractivity contribution in [2.75, 3.05) is 44.2 Å². The molecule has 2 fully saturated rings. The number of carbonyl (C=O) groups is 1. The topological polar surface area (TPSA) is 97.5 Å². The minimum absolute atomic E-state index is 0.0632. The monoisotopic (exact) mass is 547 g/mol. The van der Waals surface area contributed by atoms with Gasteiger partial charge in [0.25, 0.3) is 11.5 Å². The quantitative estimate of drug-likeness (QED) is 0.362. The van der Waals surface area contributed by atoms with Crippen LogP contribution >= 0.6 is 0 Å². The van der Waals surface area contributed by atoms with Crippen molar-refractivity contribution >= 4 is 22.6 Å². The molecule has 39 heavy (non-hydrogen) atoms. The van der Waals surface area contributed by atoms with Gasteiger partial charge in [0.1, 0.15) is 5.69 Å². The third kappa shape index (κ3) is 6.04. The van der Waals surface area contributed by atoms with Gasteiger partial charge in [-0.15, -0.1) is 0 Å². The van der Waals surface area contributed by atoms with E-state index in [9.17, 15) is 27.2 Å². The van der Waals surface area contributed by atoms with Crippen LogP contribution < -0.4 is 15.9 Å². The summed E-state index contributed by atoms with van der Waals surface area (Å²) in [5.74, 6) is -3.05. The van der Waals surface area contributed by atoms with Gasteiger partial charge >= 0.3 is 6.18 Å². The minimum Gasteiger partial charge on any atom is -0.365 e. The number of hydrazine groups is 1. The van der Waals surface area contributed by atoms with Crippen LogP contribution in [0.1, 0.15) is 35.0 Å². The van der Waals surface area contributed by atoms with E-state index in [0.717, 1.165) is 11.1 Å². The molecule has 13 heteroatoms. The van der Waals surface area contributed by atoms with Crippen LogP contribution in [0.4, 0.5) is 23.2 Å². The first-order valence-corrected chi connectivity index (χ1v) is 12.9. The fourth-order valence-electron chi connectivity index (χ4n) is 5.04. The van der Waals surface area contributed by atoms with Crippen LogP contribution in [0.5, 0.6) is 0 Å². The molecule has 5 rings (SSSR count). The summed E-state index contributed by atoms with van der Waals surface area (Å²) >= 11 is 0. The molecule has 0 spiro atoms. The standard InChI is InChI=1S/C26H29F4N7O2/c1-2-17-12-20-21(33-24(17)38)11-16(13-31-20)14-35-7-9-36(10-8-35)22-4-3-19(32-23(22)27)25(39)34-37-6-5-18(15-37)26(28,29)30/h3-4,11-13,18H,2,5-10,14-15H2,1H3,(H,33,38)(H,34,39). The van der Waals surface area contributed by atoms with Crippen molar-refractivity contribution < 1.29 is 22.4 Å². The number of hydrogen-bond acceptors (Lipinski definition) is 7. The van der Waals surface area contributed by atoms with Crippen molar-refractivity contribution in [2.24, 2.45) is 5.92 Å². The normalized spacial score (nSPS) is 19.1. The zero-order chi connectivity index (χ0) is 27.7. The Morgan fingerprint density at radius 3 is 2.59 bits per heavy atom. The number of nitrogens with one attached hydrogen (secondary N) is 2. The average molecular weight is 548 g/mol. The number of pyridine rings is 3. The molecule has 0 saturated carbocycles. The van der Waals surface area contributed by atoms with Crippen LogP contribution in [0.3, 0.4) is 0 Å². The second-order valence-electron chi connectivity index (χ2n) is 9.94. The van der Waals surface area contributed by atoms with Crippen LogP contribution in [0.15, 0.2) is 35.3 Å². The molecule has 0 aliphatic carbocycles. The Morgan fingerprint density at radius 2 is 1.92 bits per heavy atom. The first-order chi connectivity index (χ1) is 18.6. The Hall–Kier alpha value is -3.58. The lowest BCUT2D eigenvalue weighted by Gasteiger charge is -2.36. The molecule has 0 aromatic carbocycles. The number of halogens is 4. The molecular formula is C26H29F4N7O2. The molecule has 0 radical (unpaired) electrons. The van der Waals surface area contributed by atoms with Crippen molar-refractivity contribution in [3.8, 4) is 0 Å². The Balaban J connectivity index is 1.16. The predicted molar refractivity (Wildman–Crippen MR) is 137 cm³/mol. The molecular weight excluding hydrogens is 518 g/mol. The van der Waals surface area contributed by atoms with Crippen LogP contribution in [-0.2, 0) is 13.0 Å². The fraction of sp³-hybridized carbons (Fsp3) is 0.462. The third-order valence-corrected chi connectivity index (χ3v) is 7.30. The minimum atomic E-state index is -4.32. The molecule has 1 atom stereocenters. The molecule has 2 aliphatic rings. The molecule has 0 bridgehead atoms. The lowest BCUT2D eigenvalue weighted by atomic mass is 10.1. The van der Waals surface area contributed by atoms with Gasteiger partial charge in [-0.05, 0) is 42.7 Å². The maximum absolute atomic E-state index is 14.9. The second kappa shape index (κ2) is 10.9. The van der Waals surface area contributed by atoms with E-state index >= 15 is 0 Å². The number of aryl methyl sites for hydroxylation is 1. The summed E-state index contributed by atoms with van der Waals surface area (Å²) in [6.45, 7) is 4.65. The summed E-state index contributed by atoms with van der Waals surface area (Å²) in [6, 6.07) is 6.59. The third-order valence-electron chi connectivity index (χ3n) is 7.30. The molecule has 1 unspecified atom stereocenters. The molecule has 3 aromatic heterocycles. The van der Waals surface area contributed by atoms with Gasteiger partial charge < -0.3 is 9.88 Å². The molecule has 3 aromatic rings. The average Bonchev–Trinajstić information content (AvgIpc) is 3.38. The first kappa shape index (κ1) is 27.0. The molecule has 5 heterocycles. The van der Waals surface area contributed by atoms with E-state index in [1.165, 1.54) is 17.1 Å². The van der Waals surface area contributed by atoms with Gasteiger partial charge in [0.15, 0.2) is 0 Å². The van der Waals surface area contributed by atoms with Crippen LogP contribution in [-0.4, -0.2) is 76.2 Å². The molecule has 2 N–H and O–H groups in total. The number of hydrogen-bond donors (Lipinski definition) is 2. The number of aromatic amines is 1. The number of aromatic nitrogens is 3. The van der Waals surface area contributed by atoms with Crippen molar-refractivity contribution in [1.29, 1.82) is 0 Å². The molecule has 9 nitrogen and oxygen atoms in total. The van der Waals surface area contributed by atoms with Gasteiger partial charge in [0.05, 0.1) is 22.6 Å². The van der Waals surface area contributed by atoms with Gasteiger partial charge in [-0.3, -0.25) is 24.9 Å². The van der Waals surface area contributed by atoms with E-state index in [1.807, 2.05) is 24.0 Å². The number of amides is 1. The number of alkyl halides is 3. The molecule has 208 valence electrons. The highest BCUT2D eigenvalue weighted by atomic mass is 19.4. The molecule has 2 saturated heterocycles. The second-order valence-corrected chi connectivity index (χ2v) is 9.94. The summed E-state index contributed by atoms with van der Waals surface area (Å²) in [7, 11) is 0. The number of fused-ring (bicyclic) bond motifs is 1. The Kier molecular flexibility index (Phi) is 7.54. The van der Waals surface area contributed by atoms with Gasteiger partial charge in [-0.1, -0.05) is 6.92 Å². The zero-order valence-corrected chi connectivity index (χ0v) is 21.4. The summed E-state index contributed by atoms with van der Waals surface area (Å²) in [5, 5.41) is 1.19. The van der Waals surface area contributed by atoms with E-state index < -0.39 is 23.9 Å². The molecule has 1 amide bonds. The Bertz CT molecular complexity index is 1420. The molecule has 2 aliphatic heterocycles. The highest BCUT2D eigenvalue weighted by Gasteiger charge is 2.44. The number of anilines is 1. The highest BCUT2D eigenvalue weighted by molar-refractivity contribution is 5.92. The van der Waals surface area contributed by atoms with Gasteiger partial charge in [0.2, 0.25) is 5.95 Å². The van der Waals surface area contributed by atoms with Crippen molar-refractivity contribution in [3.05, 3.63) is 63.6 Å². The van der Waals surface area contributed by atoms with Crippen molar-refractivity contribution in [1.82, 2.24) is 30.3 Å². The van der Waals surface area contributed by atoms with E-state index in [-0.39, 0.29) is 36.5 Å². The SMILES string of the molecule is CCc1cc2ncc(CN3CCN(c4ccc(C(=O)NN5CCC(C(F)(F)F)C5)nc4F)CC3)cc2[nH]c1=O. The summed E-state index contributed by atoms with van der Waals surface area (Å²) in [6.07, 6.45) is -1.99. The maximum Gasteiger partial charge on any atom is 0.393 e. The van der Waals surface area contributed by atoms with Crippen LogP contribution in [0.25, 0.3) is 11.0 Å². The lowest BCUT2D eigenvalue weighted by Crippen LogP contribution is -2.46. The first-order valence-electron chi connectivity index (χ1n) is 12.9. The summed E-state index contributed by atoms with van der Waals surface area (Å²) < 4.78 is 53.5. The summed E-state index contributed by atoms with van der Waals surface area (Å²) in [5.41, 5.74) is 5.44. The maximum atomic E-state index is 14.9.